The fraction of sp³-hybridized carbons (Fsp3) is 0.667. The summed E-state index contributed by atoms with van der Waals surface area (Å²) in [6.45, 7) is 4.10. The van der Waals surface area contributed by atoms with E-state index in [2.05, 4.69) is 6.07 Å². The Labute approximate surface area is 137 Å². The molecular weight excluding hydrogens is 294 g/mol. The molecule has 3 unspecified atom stereocenters. The van der Waals surface area contributed by atoms with Gasteiger partial charge >= 0.3 is 0 Å². The molecule has 0 radical (unpaired) electrons. The monoisotopic (exact) mass is 319 g/mol. The van der Waals surface area contributed by atoms with Crippen molar-refractivity contribution in [2.24, 2.45) is 0 Å². The first-order chi connectivity index (χ1) is 11.3. The summed E-state index contributed by atoms with van der Waals surface area (Å²) in [4.78, 5) is 0. The smallest absolute Gasteiger partial charge is 0.104 e. The summed E-state index contributed by atoms with van der Waals surface area (Å²) in [5.74, 6) is 0. The van der Waals surface area contributed by atoms with Crippen molar-refractivity contribution in [3.8, 4) is 0 Å². The number of nitrogens with two attached hydrogens (primary N) is 1. The summed E-state index contributed by atoms with van der Waals surface area (Å²) in [5.41, 5.74) is 11.2. The number of nitrogen functional groups attached to an aromatic ring is 1. The Morgan fingerprint density at radius 1 is 0.957 bits per heavy atom. The van der Waals surface area contributed by atoms with Gasteiger partial charge in [-0.25, -0.2) is 0 Å². The van der Waals surface area contributed by atoms with Gasteiger partial charge in [0.25, 0.3) is 0 Å². The number of rotatable bonds is 10. The molecule has 3 aliphatic heterocycles. The van der Waals surface area contributed by atoms with E-state index < -0.39 is 0 Å². The van der Waals surface area contributed by atoms with Crippen molar-refractivity contribution in [2.45, 2.75) is 44.0 Å². The molecule has 0 aliphatic carbocycles. The topological polar surface area (TPSA) is 72.8 Å². The molecule has 5 nitrogen and oxygen atoms in total. The van der Waals surface area contributed by atoms with Crippen LogP contribution < -0.4 is 5.73 Å². The molecule has 0 spiro atoms. The second kappa shape index (κ2) is 6.77. The summed E-state index contributed by atoms with van der Waals surface area (Å²) < 4.78 is 21.7. The highest BCUT2D eigenvalue weighted by Crippen LogP contribution is 2.30. The predicted octanol–water partition coefficient (Wildman–Crippen LogP) is 1.50. The van der Waals surface area contributed by atoms with Crippen molar-refractivity contribution in [2.75, 3.05) is 38.8 Å². The lowest BCUT2D eigenvalue weighted by Crippen LogP contribution is -2.11. The molecule has 1 aromatic carbocycles. The molecule has 5 heteroatoms. The largest absolute Gasteiger partial charge is 0.398 e. The maximum absolute atomic E-state index is 6.24. The lowest BCUT2D eigenvalue weighted by atomic mass is 9.91. The van der Waals surface area contributed by atoms with E-state index in [4.69, 9.17) is 24.7 Å². The van der Waals surface area contributed by atoms with E-state index in [1.807, 2.05) is 6.07 Å². The van der Waals surface area contributed by atoms with Gasteiger partial charge in [-0.3, -0.25) is 0 Å². The van der Waals surface area contributed by atoms with Crippen LogP contribution in [0.4, 0.5) is 5.69 Å². The van der Waals surface area contributed by atoms with Gasteiger partial charge in [0.2, 0.25) is 0 Å². The standard InChI is InChI=1S/C18H25NO4/c19-18-4-3-12(2-1-5-20-8-15-11-23-15)16(6-13-9-21-13)17(18)7-14-10-22-14/h3-4,13-15H,1-2,5-11,19H2. The third-order valence-electron chi connectivity index (χ3n) is 4.67. The number of aryl methyl sites for hydroxylation is 1. The maximum atomic E-state index is 6.24. The fourth-order valence-corrected chi connectivity index (χ4v) is 3.06. The van der Waals surface area contributed by atoms with Gasteiger partial charge in [-0.2, -0.15) is 0 Å². The SMILES string of the molecule is Nc1ccc(CCCOCC2CO2)c(CC2CO2)c1CC1CO1. The van der Waals surface area contributed by atoms with E-state index in [9.17, 15) is 0 Å². The Kier molecular flexibility index (Phi) is 4.53. The van der Waals surface area contributed by atoms with Crippen LogP contribution in [0.25, 0.3) is 0 Å². The number of hydrogen-bond acceptors (Lipinski definition) is 5. The number of benzene rings is 1. The van der Waals surface area contributed by atoms with Crippen LogP contribution in [0.3, 0.4) is 0 Å². The highest BCUT2D eigenvalue weighted by molar-refractivity contribution is 5.55. The Hall–Kier alpha value is -1.14. The lowest BCUT2D eigenvalue weighted by Gasteiger charge is -2.16. The Balaban J connectivity index is 1.40. The van der Waals surface area contributed by atoms with E-state index in [1.54, 1.807) is 0 Å². The molecule has 4 rings (SSSR count). The van der Waals surface area contributed by atoms with Gasteiger partial charge in [0, 0.05) is 25.1 Å². The third-order valence-corrected chi connectivity index (χ3v) is 4.67. The third kappa shape index (κ3) is 4.44. The second-order valence-electron chi connectivity index (χ2n) is 6.72. The lowest BCUT2D eigenvalue weighted by molar-refractivity contribution is 0.114. The normalized spacial score (nSPS) is 27.9. The minimum Gasteiger partial charge on any atom is -0.398 e. The Bertz CT molecular complexity index is 550. The minimum atomic E-state index is 0.347. The van der Waals surface area contributed by atoms with Crippen molar-refractivity contribution < 1.29 is 18.9 Å². The molecule has 3 aliphatic rings. The molecule has 3 heterocycles. The van der Waals surface area contributed by atoms with Gasteiger partial charge in [0.15, 0.2) is 0 Å². The molecular formula is C18H25NO4. The molecule has 0 amide bonds. The van der Waals surface area contributed by atoms with E-state index in [0.717, 1.165) is 64.4 Å². The van der Waals surface area contributed by atoms with Crippen LogP contribution in [-0.2, 0) is 38.2 Å². The molecule has 0 saturated carbocycles. The van der Waals surface area contributed by atoms with Gasteiger partial charge in [-0.05, 0) is 35.6 Å². The zero-order chi connectivity index (χ0) is 15.6. The first-order valence-electron chi connectivity index (χ1n) is 8.61. The summed E-state index contributed by atoms with van der Waals surface area (Å²) in [5, 5.41) is 0. The number of hydrogen-bond donors (Lipinski definition) is 1. The molecule has 2 N–H and O–H groups in total. The van der Waals surface area contributed by atoms with Gasteiger partial charge in [-0.15, -0.1) is 0 Å². The zero-order valence-electron chi connectivity index (χ0n) is 13.5. The summed E-state index contributed by atoms with van der Waals surface area (Å²) in [7, 11) is 0. The van der Waals surface area contributed by atoms with Crippen LogP contribution in [-0.4, -0.2) is 51.3 Å². The summed E-state index contributed by atoms with van der Waals surface area (Å²) in [6.07, 6.45) is 5.02. The average Bonchev–Trinajstić information content (AvgIpc) is 3.36. The highest BCUT2D eigenvalue weighted by atomic mass is 16.6. The molecule has 0 aromatic heterocycles. The van der Waals surface area contributed by atoms with Crippen molar-refractivity contribution in [1.82, 2.24) is 0 Å². The average molecular weight is 319 g/mol. The van der Waals surface area contributed by atoms with E-state index >= 15 is 0 Å². The fourth-order valence-electron chi connectivity index (χ4n) is 3.06. The van der Waals surface area contributed by atoms with Gasteiger partial charge in [-0.1, -0.05) is 6.07 Å². The van der Waals surface area contributed by atoms with Crippen molar-refractivity contribution in [3.63, 3.8) is 0 Å². The van der Waals surface area contributed by atoms with Gasteiger partial charge < -0.3 is 24.7 Å². The van der Waals surface area contributed by atoms with Crippen LogP contribution in [0, 0.1) is 0 Å². The van der Waals surface area contributed by atoms with E-state index in [-0.39, 0.29) is 0 Å². The Morgan fingerprint density at radius 2 is 1.61 bits per heavy atom. The molecule has 3 saturated heterocycles. The zero-order valence-corrected chi connectivity index (χ0v) is 13.5. The molecule has 0 bridgehead atoms. The first-order valence-corrected chi connectivity index (χ1v) is 8.61. The molecule has 3 atom stereocenters. The van der Waals surface area contributed by atoms with Crippen LogP contribution in [0.15, 0.2) is 12.1 Å². The molecule has 126 valence electrons. The number of anilines is 1. The van der Waals surface area contributed by atoms with Crippen molar-refractivity contribution >= 4 is 5.69 Å². The highest BCUT2D eigenvalue weighted by Gasteiger charge is 2.29. The van der Waals surface area contributed by atoms with Crippen molar-refractivity contribution in [1.29, 1.82) is 0 Å². The maximum Gasteiger partial charge on any atom is 0.104 e. The van der Waals surface area contributed by atoms with Gasteiger partial charge in [0.1, 0.15) is 6.10 Å². The van der Waals surface area contributed by atoms with E-state index in [1.165, 1.54) is 16.7 Å². The number of ether oxygens (including phenoxy) is 4. The van der Waals surface area contributed by atoms with E-state index in [0.29, 0.717) is 18.3 Å². The van der Waals surface area contributed by atoms with Crippen LogP contribution in [0.1, 0.15) is 23.1 Å². The van der Waals surface area contributed by atoms with Crippen molar-refractivity contribution in [3.05, 3.63) is 28.8 Å². The second-order valence-corrected chi connectivity index (χ2v) is 6.72. The van der Waals surface area contributed by atoms with Gasteiger partial charge in [0.05, 0.1) is 38.6 Å². The predicted molar refractivity (Wildman–Crippen MR) is 86.6 cm³/mol. The molecule has 1 aromatic rings. The van der Waals surface area contributed by atoms with Crippen LogP contribution >= 0.6 is 0 Å². The molecule has 23 heavy (non-hydrogen) atoms. The van der Waals surface area contributed by atoms with Crippen LogP contribution in [0.5, 0.6) is 0 Å². The quantitative estimate of drug-likeness (QED) is 0.402. The first kappa shape index (κ1) is 15.4. The Morgan fingerprint density at radius 3 is 2.26 bits per heavy atom. The molecule has 3 fully saturated rings. The minimum absolute atomic E-state index is 0.347. The summed E-state index contributed by atoms with van der Waals surface area (Å²) in [6, 6.07) is 4.22. The summed E-state index contributed by atoms with van der Waals surface area (Å²) >= 11 is 0. The number of epoxide rings is 3. The van der Waals surface area contributed by atoms with Crippen LogP contribution in [0.2, 0.25) is 0 Å².